The van der Waals surface area contributed by atoms with Crippen LogP contribution in [0.5, 0.6) is 0 Å². The van der Waals surface area contributed by atoms with Crippen molar-refractivity contribution in [1.82, 2.24) is 4.90 Å². The molecule has 5 heteroatoms. The summed E-state index contributed by atoms with van der Waals surface area (Å²) in [6.45, 7) is 3.81. The number of carbonyl (C=O) groups is 2. The standard InChI is InChI=1S/C25H27ClN2O2/c26-22-7-3-5-18-16-27(12-9-21(18)22)10-2-1-8-23(29)19-13-17-6-4-11-28-24(30)15-20(14-19)25(17)28/h3,5,7,13-14H,1-2,4,6,8-12,15-16H2. The van der Waals surface area contributed by atoms with E-state index in [4.69, 9.17) is 11.6 Å². The quantitative estimate of drug-likeness (QED) is 0.505. The van der Waals surface area contributed by atoms with Crippen LogP contribution in [0.25, 0.3) is 0 Å². The fourth-order valence-corrected chi connectivity index (χ4v) is 5.51. The number of hydrogen-bond acceptors (Lipinski definition) is 3. The number of hydrogen-bond donors (Lipinski definition) is 0. The Kier molecular flexibility index (Phi) is 5.38. The molecule has 0 bridgehead atoms. The molecule has 0 N–H and O–H groups in total. The Balaban J connectivity index is 1.15. The summed E-state index contributed by atoms with van der Waals surface area (Å²) in [4.78, 5) is 29.4. The lowest BCUT2D eigenvalue weighted by molar-refractivity contribution is -0.117. The number of fused-ring (bicyclic) bond motifs is 1. The normalized spacial score (nSPS) is 17.8. The van der Waals surface area contributed by atoms with Crippen molar-refractivity contribution in [3.05, 3.63) is 63.2 Å². The van der Waals surface area contributed by atoms with Crippen LogP contribution in [-0.4, -0.2) is 36.2 Å². The molecule has 5 rings (SSSR count). The summed E-state index contributed by atoms with van der Waals surface area (Å²) in [6, 6.07) is 10.2. The van der Waals surface area contributed by atoms with Crippen LogP contribution in [0.2, 0.25) is 5.02 Å². The number of benzene rings is 2. The van der Waals surface area contributed by atoms with E-state index in [1.54, 1.807) is 0 Å². The second-order valence-corrected chi connectivity index (χ2v) is 9.16. The number of amides is 1. The lowest BCUT2D eigenvalue weighted by Gasteiger charge is -2.29. The highest BCUT2D eigenvalue weighted by atomic mass is 35.5. The summed E-state index contributed by atoms with van der Waals surface area (Å²) >= 11 is 6.31. The lowest BCUT2D eigenvalue weighted by atomic mass is 9.94. The van der Waals surface area contributed by atoms with Crippen molar-refractivity contribution in [2.75, 3.05) is 24.5 Å². The van der Waals surface area contributed by atoms with E-state index in [9.17, 15) is 9.59 Å². The number of ketones is 1. The Morgan fingerprint density at radius 2 is 1.90 bits per heavy atom. The van der Waals surface area contributed by atoms with Gasteiger partial charge >= 0.3 is 0 Å². The molecular weight excluding hydrogens is 396 g/mol. The summed E-state index contributed by atoms with van der Waals surface area (Å²) in [7, 11) is 0. The van der Waals surface area contributed by atoms with Gasteiger partial charge in [-0.3, -0.25) is 14.5 Å². The summed E-state index contributed by atoms with van der Waals surface area (Å²) in [5, 5.41) is 0.885. The van der Waals surface area contributed by atoms with E-state index in [0.717, 1.165) is 80.1 Å². The van der Waals surface area contributed by atoms with E-state index in [1.165, 1.54) is 16.7 Å². The summed E-state index contributed by atoms with van der Waals surface area (Å²) in [6.07, 6.45) is 5.90. The van der Waals surface area contributed by atoms with Crippen molar-refractivity contribution in [3.63, 3.8) is 0 Å². The third-order valence-electron chi connectivity index (χ3n) is 6.75. The molecule has 2 aromatic carbocycles. The van der Waals surface area contributed by atoms with Crippen molar-refractivity contribution >= 4 is 29.0 Å². The van der Waals surface area contributed by atoms with Crippen LogP contribution < -0.4 is 4.90 Å². The van der Waals surface area contributed by atoms with Gasteiger partial charge in [0.2, 0.25) is 5.91 Å². The average molecular weight is 423 g/mol. The van der Waals surface area contributed by atoms with E-state index in [-0.39, 0.29) is 11.7 Å². The lowest BCUT2D eigenvalue weighted by Crippen LogP contribution is -2.31. The van der Waals surface area contributed by atoms with Gasteiger partial charge in [0.15, 0.2) is 5.78 Å². The van der Waals surface area contributed by atoms with Crippen LogP contribution in [0.15, 0.2) is 30.3 Å². The van der Waals surface area contributed by atoms with Gasteiger partial charge in [-0.2, -0.15) is 0 Å². The second-order valence-electron chi connectivity index (χ2n) is 8.75. The van der Waals surface area contributed by atoms with Gasteiger partial charge in [0.25, 0.3) is 0 Å². The summed E-state index contributed by atoms with van der Waals surface area (Å²) in [5.74, 6) is 0.390. The first-order valence-electron chi connectivity index (χ1n) is 11.1. The van der Waals surface area contributed by atoms with Crippen LogP contribution in [-0.2, 0) is 30.6 Å². The van der Waals surface area contributed by atoms with E-state index in [2.05, 4.69) is 11.0 Å². The average Bonchev–Trinajstić information content (AvgIpc) is 3.08. The van der Waals surface area contributed by atoms with E-state index in [1.807, 2.05) is 29.2 Å². The van der Waals surface area contributed by atoms with Gasteiger partial charge in [0, 0.05) is 36.6 Å². The minimum Gasteiger partial charge on any atom is -0.312 e. The number of anilines is 1. The predicted molar refractivity (Wildman–Crippen MR) is 119 cm³/mol. The van der Waals surface area contributed by atoms with Crippen molar-refractivity contribution in [2.24, 2.45) is 0 Å². The molecule has 0 unspecified atom stereocenters. The SMILES string of the molecule is O=C(CCCCN1CCc2c(Cl)cccc2C1)c1cc2c3c(c1)CC(=O)N3CCC2. The number of carbonyl (C=O) groups excluding carboxylic acids is 2. The zero-order valence-electron chi connectivity index (χ0n) is 17.3. The fraction of sp³-hybridized carbons (Fsp3) is 0.440. The zero-order chi connectivity index (χ0) is 20.7. The van der Waals surface area contributed by atoms with E-state index < -0.39 is 0 Å². The highest BCUT2D eigenvalue weighted by Gasteiger charge is 2.32. The predicted octanol–water partition coefficient (Wildman–Crippen LogP) is 4.59. The molecule has 0 atom stereocenters. The molecule has 0 aliphatic carbocycles. The molecular formula is C25H27ClN2O2. The Labute approximate surface area is 182 Å². The maximum Gasteiger partial charge on any atom is 0.231 e. The fourth-order valence-electron chi connectivity index (χ4n) is 5.22. The molecule has 0 fully saturated rings. The van der Waals surface area contributed by atoms with Gasteiger partial charge in [-0.1, -0.05) is 23.7 Å². The number of halogens is 1. The first-order chi connectivity index (χ1) is 14.6. The third-order valence-corrected chi connectivity index (χ3v) is 7.10. The molecule has 0 radical (unpaired) electrons. The zero-order valence-corrected chi connectivity index (χ0v) is 18.0. The molecule has 0 saturated carbocycles. The van der Waals surface area contributed by atoms with E-state index in [0.29, 0.717) is 12.8 Å². The Bertz CT molecular complexity index is 1020. The first-order valence-corrected chi connectivity index (χ1v) is 11.5. The highest BCUT2D eigenvalue weighted by molar-refractivity contribution is 6.31. The Morgan fingerprint density at radius 1 is 1.03 bits per heavy atom. The van der Waals surface area contributed by atoms with Crippen LogP contribution in [0, 0.1) is 0 Å². The van der Waals surface area contributed by atoms with Gasteiger partial charge in [0.05, 0.1) is 12.1 Å². The summed E-state index contributed by atoms with van der Waals surface area (Å²) < 4.78 is 0. The molecule has 156 valence electrons. The van der Waals surface area contributed by atoms with Crippen molar-refractivity contribution < 1.29 is 9.59 Å². The minimum absolute atomic E-state index is 0.181. The van der Waals surface area contributed by atoms with Crippen molar-refractivity contribution in [3.8, 4) is 0 Å². The second kappa shape index (κ2) is 8.16. The molecule has 3 aliphatic heterocycles. The molecule has 4 nitrogen and oxygen atoms in total. The number of Topliss-reactive ketones (excluding diaryl/α,β-unsaturated/α-hetero) is 1. The molecule has 0 saturated heterocycles. The van der Waals surface area contributed by atoms with Gasteiger partial charge in [0.1, 0.15) is 0 Å². The van der Waals surface area contributed by atoms with Crippen LogP contribution >= 0.6 is 11.6 Å². The first kappa shape index (κ1) is 19.8. The van der Waals surface area contributed by atoms with Crippen LogP contribution in [0.3, 0.4) is 0 Å². The molecule has 0 spiro atoms. The number of rotatable bonds is 6. The minimum atomic E-state index is 0.181. The maximum atomic E-state index is 12.8. The van der Waals surface area contributed by atoms with Crippen LogP contribution in [0.4, 0.5) is 5.69 Å². The number of nitrogens with zero attached hydrogens (tertiary/aromatic N) is 2. The smallest absolute Gasteiger partial charge is 0.231 e. The van der Waals surface area contributed by atoms with E-state index >= 15 is 0 Å². The van der Waals surface area contributed by atoms with Gasteiger partial charge < -0.3 is 4.90 Å². The van der Waals surface area contributed by atoms with Gasteiger partial charge in [-0.05, 0) is 79.1 Å². The topological polar surface area (TPSA) is 40.6 Å². The highest BCUT2D eigenvalue weighted by Crippen LogP contribution is 2.37. The molecule has 1 amide bonds. The van der Waals surface area contributed by atoms with Crippen molar-refractivity contribution in [1.29, 1.82) is 0 Å². The number of aryl methyl sites for hydroxylation is 1. The summed E-state index contributed by atoms with van der Waals surface area (Å²) in [5.41, 5.74) is 6.74. The molecule has 3 aliphatic rings. The molecule has 0 aromatic heterocycles. The largest absolute Gasteiger partial charge is 0.312 e. The Morgan fingerprint density at radius 3 is 2.80 bits per heavy atom. The maximum absolute atomic E-state index is 12.8. The number of unbranched alkanes of at least 4 members (excludes halogenated alkanes) is 1. The molecule has 30 heavy (non-hydrogen) atoms. The van der Waals surface area contributed by atoms with Crippen molar-refractivity contribution in [2.45, 2.75) is 51.5 Å². The van der Waals surface area contributed by atoms with Gasteiger partial charge in [-0.15, -0.1) is 0 Å². The van der Waals surface area contributed by atoms with Gasteiger partial charge in [-0.25, -0.2) is 0 Å². The third kappa shape index (κ3) is 3.67. The monoisotopic (exact) mass is 422 g/mol. The molecule has 3 heterocycles. The van der Waals surface area contributed by atoms with Crippen LogP contribution in [0.1, 0.15) is 58.3 Å². The Hall–Kier alpha value is -2.17. The molecule has 2 aromatic rings.